The maximum absolute atomic E-state index is 13.1. The second kappa shape index (κ2) is 15.3. The summed E-state index contributed by atoms with van der Waals surface area (Å²) in [6.45, 7) is 6.16. The minimum absolute atomic E-state index is 0.00180. The van der Waals surface area contributed by atoms with Crippen molar-refractivity contribution in [3.8, 4) is 17.0 Å². The van der Waals surface area contributed by atoms with Gasteiger partial charge >= 0.3 is 5.97 Å². The molecule has 3 aromatic rings. The van der Waals surface area contributed by atoms with Crippen molar-refractivity contribution in [2.24, 2.45) is 17.0 Å². The van der Waals surface area contributed by atoms with E-state index < -0.39 is 5.97 Å². The van der Waals surface area contributed by atoms with Gasteiger partial charge in [-0.3, -0.25) is 9.78 Å². The lowest BCUT2D eigenvalue weighted by atomic mass is 9.82. The highest BCUT2D eigenvalue weighted by Gasteiger charge is 2.36. The van der Waals surface area contributed by atoms with E-state index in [2.05, 4.69) is 10.1 Å². The van der Waals surface area contributed by atoms with Crippen LogP contribution in [0.3, 0.4) is 0 Å². The average Bonchev–Trinajstić information content (AvgIpc) is 3.50. The van der Waals surface area contributed by atoms with E-state index in [-0.39, 0.29) is 18.9 Å². The number of nitrogens with zero attached hydrogens (tertiary/aromatic N) is 3. The van der Waals surface area contributed by atoms with Crippen LogP contribution in [-0.4, -0.2) is 60.4 Å². The third kappa shape index (κ3) is 8.34. The number of ether oxygens (including phenoxy) is 2. The SMILES string of the molecule is CCOC(=O)/C(=C/c1ccc(OCCON=C(C)c2ccc(-c3ccccn3)cc2)cc1)CC(=O)N1C[C@H]2CCCC[C@H]2C1. The molecule has 0 N–H and O–H groups in total. The fraction of sp³-hybridized carbons (Fsp3) is 0.389. The summed E-state index contributed by atoms with van der Waals surface area (Å²) < 4.78 is 11.1. The van der Waals surface area contributed by atoms with Gasteiger partial charge in [-0.2, -0.15) is 0 Å². The zero-order chi connectivity index (χ0) is 30.7. The van der Waals surface area contributed by atoms with Gasteiger partial charge in [0.25, 0.3) is 0 Å². The Hall–Kier alpha value is -4.46. The summed E-state index contributed by atoms with van der Waals surface area (Å²) in [6.07, 6.45) is 8.47. The molecule has 1 saturated heterocycles. The Balaban J connectivity index is 1.10. The molecule has 44 heavy (non-hydrogen) atoms. The third-order valence-electron chi connectivity index (χ3n) is 8.34. The Labute approximate surface area is 259 Å². The molecule has 2 atom stereocenters. The number of oxime groups is 1. The van der Waals surface area contributed by atoms with Crippen LogP contribution in [0, 0.1) is 11.8 Å². The molecule has 0 spiro atoms. The van der Waals surface area contributed by atoms with Crippen LogP contribution in [-0.2, 0) is 19.2 Å². The highest BCUT2D eigenvalue weighted by Crippen LogP contribution is 2.36. The zero-order valence-corrected chi connectivity index (χ0v) is 25.6. The topological polar surface area (TPSA) is 90.3 Å². The van der Waals surface area contributed by atoms with Gasteiger partial charge in [0.15, 0.2) is 6.61 Å². The van der Waals surface area contributed by atoms with Crippen molar-refractivity contribution in [1.82, 2.24) is 9.88 Å². The Morgan fingerprint density at radius 1 is 0.955 bits per heavy atom. The van der Waals surface area contributed by atoms with Crippen molar-refractivity contribution in [2.45, 2.75) is 46.0 Å². The van der Waals surface area contributed by atoms with Gasteiger partial charge < -0.3 is 19.2 Å². The largest absolute Gasteiger partial charge is 0.490 e. The Bertz CT molecular complexity index is 1440. The van der Waals surface area contributed by atoms with E-state index in [0.29, 0.717) is 36.4 Å². The first-order valence-electron chi connectivity index (χ1n) is 15.6. The van der Waals surface area contributed by atoms with Gasteiger partial charge in [0.1, 0.15) is 12.4 Å². The van der Waals surface area contributed by atoms with Gasteiger partial charge in [-0.1, -0.05) is 60.5 Å². The number of likely N-dealkylation sites (tertiary alicyclic amines) is 1. The molecule has 1 aromatic heterocycles. The van der Waals surface area contributed by atoms with Crippen LogP contribution in [0.4, 0.5) is 0 Å². The summed E-state index contributed by atoms with van der Waals surface area (Å²) in [5.74, 6) is 1.43. The van der Waals surface area contributed by atoms with E-state index in [1.165, 1.54) is 25.7 Å². The molecule has 5 rings (SSSR count). The summed E-state index contributed by atoms with van der Waals surface area (Å²) in [5.41, 5.74) is 4.88. The molecular weight excluding hydrogens is 554 g/mol. The number of amides is 1. The first kappa shape index (κ1) is 31.0. The van der Waals surface area contributed by atoms with Crippen molar-refractivity contribution in [2.75, 3.05) is 32.9 Å². The standard InChI is InChI=1S/C36H41N3O5/c1-3-42-36(41)32(23-35(40)39-24-30-8-4-5-9-31(30)25-39)22-27-11-17-33(18-12-27)43-20-21-44-38-26(2)28-13-15-29(16-14-28)34-10-6-7-19-37-34/h6-7,10-19,22,30-31H,3-5,8-9,20-21,23-25H2,1-2H3/b32-22+,38-26?/t30-,31+. The molecule has 0 unspecified atom stereocenters. The van der Waals surface area contributed by atoms with Crippen LogP contribution >= 0.6 is 0 Å². The van der Waals surface area contributed by atoms with Crippen LogP contribution in [0.2, 0.25) is 0 Å². The molecule has 1 saturated carbocycles. The number of aromatic nitrogens is 1. The van der Waals surface area contributed by atoms with Gasteiger partial charge in [-0.15, -0.1) is 0 Å². The monoisotopic (exact) mass is 595 g/mol. The van der Waals surface area contributed by atoms with Crippen molar-refractivity contribution in [3.05, 3.63) is 89.6 Å². The second-order valence-corrected chi connectivity index (χ2v) is 11.4. The molecule has 2 aliphatic rings. The quantitative estimate of drug-likeness (QED) is 0.0775. The Morgan fingerprint density at radius 2 is 1.68 bits per heavy atom. The third-order valence-corrected chi connectivity index (χ3v) is 8.34. The number of hydrogen-bond acceptors (Lipinski definition) is 7. The van der Waals surface area contributed by atoms with Crippen molar-refractivity contribution < 1.29 is 23.9 Å². The van der Waals surface area contributed by atoms with Gasteiger partial charge in [-0.25, -0.2) is 4.79 Å². The lowest BCUT2D eigenvalue weighted by Gasteiger charge is -2.22. The minimum Gasteiger partial charge on any atom is -0.490 e. The number of hydrogen-bond donors (Lipinski definition) is 0. The Kier molecular flexibility index (Phi) is 10.8. The predicted molar refractivity (Wildman–Crippen MR) is 171 cm³/mol. The number of pyridine rings is 1. The summed E-state index contributed by atoms with van der Waals surface area (Å²) in [4.78, 5) is 37.7. The molecule has 2 heterocycles. The number of fused-ring (bicyclic) bond motifs is 1. The van der Waals surface area contributed by atoms with E-state index in [1.54, 1.807) is 19.2 Å². The van der Waals surface area contributed by atoms with Crippen LogP contribution in [0.25, 0.3) is 17.3 Å². The first-order chi connectivity index (χ1) is 21.5. The molecule has 230 valence electrons. The van der Waals surface area contributed by atoms with Gasteiger partial charge in [0.2, 0.25) is 5.91 Å². The first-order valence-corrected chi connectivity index (χ1v) is 15.6. The smallest absolute Gasteiger partial charge is 0.334 e. The van der Waals surface area contributed by atoms with Gasteiger partial charge in [-0.05, 0) is 80.0 Å². The number of carbonyl (C=O) groups is 2. The van der Waals surface area contributed by atoms with E-state index in [0.717, 1.165) is 41.2 Å². The molecule has 1 amide bonds. The van der Waals surface area contributed by atoms with Gasteiger partial charge in [0, 0.05) is 30.4 Å². The molecule has 1 aliphatic heterocycles. The van der Waals surface area contributed by atoms with E-state index >= 15 is 0 Å². The minimum atomic E-state index is -0.449. The molecule has 0 radical (unpaired) electrons. The van der Waals surface area contributed by atoms with Crippen LogP contribution in [0.5, 0.6) is 5.75 Å². The van der Waals surface area contributed by atoms with E-state index in [9.17, 15) is 9.59 Å². The molecular formula is C36H41N3O5. The second-order valence-electron chi connectivity index (χ2n) is 11.4. The molecule has 2 aromatic carbocycles. The average molecular weight is 596 g/mol. The number of rotatable bonds is 12. The van der Waals surface area contributed by atoms with Crippen molar-refractivity contribution in [3.63, 3.8) is 0 Å². The van der Waals surface area contributed by atoms with Crippen LogP contribution in [0.15, 0.2) is 83.7 Å². The number of benzene rings is 2. The molecule has 8 nitrogen and oxygen atoms in total. The van der Waals surface area contributed by atoms with Crippen molar-refractivity contribution >= 4 is 23.7 Å². The lowest BCUT2D eigenvalue weighted by Crippen LogP contribution is -2.30. The summed E-state index contributed by atoms with van der Waals surface area (Å²) in [7, 11) is 0. The molecule has 2 fully saturated rings. The van der Waals surface area contributed by atoms with Crippen molar-refractivity contribution in [1.29, 1.82) is 0 Å². The lowest BCUT2D eigenvalue weighted by molar-refractivity contribution is -0.140. The summed E-state index contributed by atoms with van der Waals surface area (Å²) >= 11 is 0. The summed E-state index contributed by atoms with van der Waals surface area (Å²) in [5, 5.41) is 4.22. The summed E-state index contributed by atoms with van der Waals surface area (Å²) in [6, 6.07) is 21.3. The maximum atomic E-state index is 13.1. The molecule has 8 heteroatoms. The number of esters is 1. The normalized spacial score (nSPS) is 18.5. The fourth-order valence-corrected chi connectivity index (χ4v) is 5.96. The highest BCUT2D eigenvalue weighted by molar-refractivity contribution is 5.99. The number of carbonyl (C=O) groups excluding carboxylic acids is 2. The zero-order valence-electron chi connectivity index (χ0n) is 25.6. The van der Waals surface area contributed by atoms with Gasteiger partial charge in [0.05, 0.1) is 24.4 Å². The molecule has 0 bridgehead atoms. The Morgan fingerprint density at radius 3 is 2.34 bits per heavy atom. The fourth-order valence-electron chi connectivity index (χ4n) is 5.96. The van der Waals surface area contributed by atoms with E-state index in [1.807, 2.05) is 78.6 Å². The van der Waals surface area contributed by atoms with Crippen LogP contribution < -0.4 is 4.74 Å². The molecule has 1 aliphatic carbocycles. The van der Waals surface area contributed by atoms with Crippen LogP contribution in [0.1, 0.15) is 57.1 Å². The predicted octanol–water partition coefficient (Wildman–Crippen LogP) is 6.55. The van der Waals surface area contributed by atoms with E-state index in [4.69, 9.17) is 14.3 Å². The maximum Gasteiger partial charge on any atom is 0.334 e. The highest BCUT2D eigenvalue weighted by atomic mass is 16.6.